The second kappa shape index (κ2) is 4.53. The Balaban J connectivity index is 2.05. The van der Waals surface area contributed by atoms with Crippen molar-refractivity contribution in [3.8, 4) is 5.75 Å². The molecule has 0 bridgehead atoms. The van der Waals surface area contributed by atoms with E-state index in [4.69, 9.17) is 10.5 Å². The third kappa shape index (κ3) is 2.86. The van der Waals surface area contributed by atoms with Gasteiger partial charge in [-0.25, -0.2) is 0 Å². The summed E-state index contributed by atoms with van der Waals surface area (Å²) in [7, 11) is 0. The van der Waals surface area contributed by atoms with Crippen molar-refractivity contribution in [2.45, 2.75) is 32.4 Å². The fourth-order valence-electron chi connectivity index (χ4n) is 1.58. The van der Waals surface area contributed by atoms with Gasteiger partial charge in [0.05, 0.1) is 6.61 Å². The highest BCUT2D eigenvalue weighted by Gasteiger charge is 2.20. The van der Waals surface area contributed by atoms with Crippen LogP contribution in [0.2, 0.25) is 0 Å². The van der Waals surface area contributed by atoms with Crippen molar-refractivity contribution in [3.05, 3.63) is 23.8 Å². The molecule has 0 amide bonds. The lowest BCUT2D eigenvalue weighted by Gasteiger charge is -2.11. The highest BCUT2D eigenvalue weighted by atomic mass is 16.5. The van der Waals surface area contributed by atoms with E-state index in [1.807, 2.05) is 25.1 Å². The summed E-state index contributed by atoms with van der Waals surface area (Å²) in [6, 6.07) is 6.52. The number of anilines is 1. The van der Waals surface area contributed by atoms with Crippen LogP contribution < -0.4 is 15.8 Å². The molecule has 3 nitrogen and oxygen atoms in total. The van der Waals surface area contributed by atoms with Crippen LogP contribution in [0.3, 0.4) is 0 Å². The predicted octanol–water partition coefficient (Wildman–Crippen LogP) is 1.92. The molecule has 1 saturated carbocycles. The summed E-state index contributed by atoms with van der Waals surface area (Å²) < 4.78 is 5.55. The molecule has 3 heteroatoms. The molecule has 1 aliphatic carbocycles. The van der Waals surface area contributed by atoms with E-state index in [1.165, 1.54) is 12.8 Å². The molecular formula is C12H18N2O. The van der Waals surface area contributed by atoms with Gasteiger partial charge in [-0.15, -0.1) is 0 Å². The molecular weight excluding hydrogens is 188 g/mol. The van der Waals surface area contributed by atoms with Gasteiger partial charge in [-0.05, 0) is 38.0 Å². The molecule has 82 valence electrons. The second-order valence-corrected chi connectivity index (χ2v) is 3.96. The van der Waals surface area contributed by atoms with Crippen LogP contribution in [0.4, 0.5) is 5.69 Å². The Morgan fingerprint density at radius 1 is 1.47 bits per heavy atom. The molecule has 3 N–H and O–H groups in total. The van der Waals surface area contributed by atoms with Crippen LogP contribution in [-0.4, -0.2) is 12.6 Å². The number of ether oxygens (including phenoxy) is 1. The number of hydrogen-bond acceptors (Lipinski definition) is 3. The maximum atomic E-state index is 5.76. The molecule has 15 heavy (non-hydrogen) atoms. The first kappa shape index (κ1) is 10.3. The molecule has 2 rings (SSSR count). The Bertz CT molecular complexity index is 334. The number of rotatable bonds is 5. The smallest absolute Gasteiger partial charge is 0.123 e. The third-order valence-corrected chi connectivity index (χ3v) is 2.54. The van der Waals surface area contributed by atoms with E-state index in [9.17, 15) is 0 Å². The maximum absolute atomic E-state index is 5.76. The molecule has 0 saturated heterocycles. The first-order valence-electron chi connectivity index (χ1n) is 5.54. The van der Waals surface area contributed by atoms with Crippen molar-refractivity contribution >= 4 is 5.69 Å². The summed E-state index contributed by atoms with van der Waals surface area (Å²) in [6.07, 6.45) is 2.60. The van der Waals surface area contributed by atoms with Crippen molar-refractivity contribution in [1.29, 1.82) is 0 Å². The summed E-state index contributed by atoms with van der Waals surface area (Å²) in [5.41, 5.74) is 7.72. The lowest BCUT2D eigenvalue weighted by molar-refractivity contribution is 0.335. The molecule has 0 unspecified atom stereocenters. The zero-order chi connectivity index (χ0) is 10.7. The second-order valence-electron chi connectivity index (χ2n) is 3.96. The van der Waals surface area contributed by atoms with Gasteiger partial charge >= 0.3 is 0 Å². The monoisotopic (exact) mass is 206 g/mol. The van der Waals surface area contributed by atoms with Crippen LogP contribution in [0.1, 0.15) is 25.3 Å². The number of nitrogens with two attached hydrogens (primary N) is 1. The summed E-state index contributed by atoms with van der Waals surface area (Å²) >= 11 is 0. The maximum Gasteiger partial charge on any atom is 0.123 e. The predicted molar refractivity (Wildman–Crippen MR) is 61.9 cm³/mol. The van der Waals surface area contributed by atoms with Crippen LogP contribution in [0.5, 0.6) is 5.75 Å². The number of benzene rings is 1. The molecule has 0 atom stereocenters. The average molecular weight is 206 g/mol. The van der Waals surface area contributed by atoms with E-state index < -0.39 is 0 Å². The number of hydrogen-bond donors (Lipinski definition) is 2. The normalized spacial score (nSPS) is 15.3. The molecule has 0 heterocycles. The molecule has 0 aromatic heterocycles. The Labute approximate surface area is 90.6 Å². The minimum Gasteiger partial charge on any atom is -0.494 e. The van der Waals surface area contributed by atoms with Crippen molar-refractivity contribution in [2.24, 2.45) is 0 Å². The fourth-order valence-corrected chi connectivity index (χ4v) is 1.58. The van der Waals surface area contributed by atoms with Crippen LogP contribution in [0.15, 0.2) is 18.2 Å². The van der Waals surface area contributed by atoms with Crippen molar-refractivity contribution in [1.82, 2.24) is 5.32 Å². The van der Waals surface area contributed by atoms with E-state index in [0.717, 1.165) is 23.5 Å². The van der Waals surface area contributed by atoms with Crippen LogP contribution in [-0.2, 0) is 6.54 Å². The van der Waals surface area contributed by atoms with Crippen molar-refractivity contribution in [3.63, 3.8) is 0 Å². The standard InChI is InChI=1S/C12H18N2O/c1-2-15-12-6-3-10(13)7-9(12)8-14-11-4-5-11/h3,6-7,11,14H,2,4-5,8,13H2,1H3. The SMILES string of the molecule is CCOc1ccc(N)cc1CNC1CC1. The van der Waals surface area contributed by atoms with Crippen LogP contribution in [0, 0.1) is 0 Å². The topological polar surface area (TPSA) is 47.3 Å². The number of nitrogens with one attached hydrogen (secondary N) is 1. The molecule has 1 aliphatic rings. The Morgan fingerprint density at radius 2 is 2.27 bits per heavy atom. The van der Waals surface area contributed by atoms with E-state index in [2.05, 4.69) is 5.32 Å². The fraction of sp³-hybridized carbons (Fsp3) is 0.500. The summed E-state index contributed by atoms with van der Waals surface area (Å²) in [4.78, 5) is 0. The first-order valence-corrected chi connectivity index (χ1v) is 5.54. The Morgan fingerprint density at radius 3 is 2.93 bits per heavy atom. The minimum atomic E-state index is 0.695. The van der Waals surface area contributed by atoms with Gasteiger partial charge in [0.25, 0.3) is 0 Å². The quantitative estimate of drug-likeness (QED) is 0.723. The summed E-state index contributed by atoms with van der Waals surface area (Å²) in [5, 5.41) is 3.46. The largest absolute Gasteiger partial charge is 0.494 e. The minimum absolute atomic E-state index is 0.695. The first-order chi connectivity index (χ1) is 7.29. The molecule has 1 fully saturated rings. The lowest BCUT2D eigenvalue weighted by Crippen LogP contribution is -2.16. The highest BCUT2D eigenvalue weighted by Crippen LogP contribution is 2.24. The van der Waals surface area contributed by atoms with Gasteiger partial charge in [0.15, 0.2) is 0 Å². The lowest BCUT2D eigenvalue weighted by atomic mass is 10.1. The molecule has 1 aromatic carbocycles. The van der Waals surface area contributed by atoms with Crippen molar-refractivity contribution < 1.29 is 4.74 Å². The Hall–Kier alpha value is -1.22. The van der Waals surface area contributed by atoms with Gasteiger partial charge in [-0.3, -0.25) is 0 Å². The Kier molecular flexibility index (Phi) is 3.11. The summed E-state index contributed by atoms with van der Waals surface area (Å²) in [6.45, 7) is 3.54. The average Bonchev–Trinajstić information content (AvgIpc) is 3.02. The summed E-state index contributed by atoms with van der Waals surface area (Å²) in [5.74, 6) is 0.944. The van der Waals surface area contributed by atoms with Crippen LogP contribution in [0.25, 0.3) is 0 Å². The zero-order valence-electron chi connectivity index (χ0n) is 9.12. The van der Waals surface area contributed by atoms with Gasteiger partial charge in [-0.2, -0.15) is 0 Å². The third-order valence-electron chi connectivity index (χ3n) is 2.54. The number of nitrogen functional groups attached to an aromatic ring is 1. The van der Waals surface area contributed by atoms with Crippen LogP contribution >= 0.6 is 0 Å². The van der Waals surface area contributed by atoms with Gasteiger partial charge < -0.3 is 15.8 Å². The van der Waals surface area contributed by atoms with Gasteiger partial charge in [-0.1, -0.05) is 0 Å². The zero-order valence-corrected chi connectivity index (χ0v) is 9.12. The highest BCUT2D eigenvalue weighted by molar-refractivity contribution is 5.47. The van der Waals surface area contributed by atoms with E-state index in [0.29, 0.717) is 12.6 Å². The molecule has 0 spiro atoms. The van der Waals surface area contributed by atoms with E-state index in [-0.39, 0.29) is 0 Å². The van der Waals surface area contributed by atoms with Gasteiger partial charge in [0.2, 0.25) is 0 Å². The van der Waals surface area contributed by atoms with E-state index in [1.54, 1.807) is 0 Å². The molecule has 1 aromatic rings. The van der Waals surface area contributed by atoms with E-state index >= 15 is 0 Å². The van der Waals surface area contributed by atoms with Crippen molar-refractivity contribution in [2.75, 3.05) is 12.3 Å². The molecule has 0 aliphatic heterocycles. The molecule has 0 radical (unpaired) electrons. The van der Waals surface area contributed by atoms with Gasteiger partial charge in [0.1, 0.15) is 5.75 Å². The van der Waals surface area contributed by atoms with Gasteiger partial charge in [0, 0.05) is 23.8 Å².